The smallest absolute Gasteiger partial charge is 0.323 e. The quantitative estimate of drug-likeness (QED) is 0.0248. The van der Waals surface area contributed by atoms with Crippen molar-refractivity contribution in [3.63, 3.8) is 0 Å². The Bertz CT molecular complexity index is 4050. The number of para-hydroxylation sites is 3. The van der Waals surface area contributed by atoms with E-state index in [-0.39, 0.29) is 76.5 Å². The third-order valence-electron chi connectivity index (χ3n) is 17.8. The number of hydrogen-bond acceptors (Lipinski definition) is 15. The Hall–Kier alpha value is -10.5. The minimum absolute atomic E-state index is 0.109. The number of unbranched alkanes of at least 4 members (excludes halogenated alkanes) is 1. The number of benzene rings is 3. The number of aliphatic hydroxyl groups is 1. The fourth-order valence-electron chi connectivity index (χ4n) is 12.5. The monoisotopic (exact) mass is 1300 g/mol. The van der Waals surface area contributed by atoms with Gasteiger partial charge in [0.2, 0.25) is 47.3 Å². The van der Waals surface area contributed by atoms with Crippen molar-refractivity contribution in [3.8, 4) is 0 Å². The third kappa shape index (κ3) is 16.5. The average molecular weight is 1300 g/mol. The molecule has 0 saturated carbocycles. The molecule has 10 atom stereocenters. The summed E-state index contributed by atoms with van der Waals surface area (Å²) in [7, 11) is 0. The third-order valence-corrected chi connectivity index (χ3v) is 17.8. The van der Waals surface area contributed by atoms with Gasteiger partial charge in [0.05, 0.1) is 31.3 Å². The number of ketones is 1. The van der Waals surface area contributed by atoms with Crippen LogP contribution in [0.1, 0.15) is 86.4 Å². The Balaban J connectivity index is 0.914. The van der Waals surface area contributed by atoms with Crippen molar-refractivity contribution < 1.29 is 58.2 Å². The molecule has 29 heteroatoms. The highest BCUT2D eigenvalue weighted by atomic mass is 16.4. The average Bonchev–Trinajstić information content (AvgIpc) is 1.71. The van der Waals surface area contributed by atoms with E-state index in [2.05, 4.69) is 82.7 Å². The number of aromatic amines is 5. The number of imidazole rings is 2. The number of rotatable bonds is 33. The minimum Gasteiger partial charge on any atom is -0.480 e. The van der Waals surface area contributed by atoms with Gasteiger partial charge in [-0.05, 0) is 86.4 Å². The summed E-state index contributed by atoms with van der Waals surface area (Å²) in [6, 6.07) is 9.88. The minimum atomic E-state index is -1.77. The van der Waals surface area contributed by atoms with E-state index in [0.717, 1.165) is 16.4 Å². The second kappa shape index (κ2) is 30.9. The second-order valence-electron chi connectivity index (χ2n) is 24.2. The molecule has 2 saturated heterocycles. The zero-order valence-electron chi connectivity index (χ0n) is 52.2. The Morgan fingerprint density at radius 3 is 1.36 bits per heavy atom. The fraction of sp³-hybridized carbons (Fsp3) is 0.394. The maximum Gasteiger partial charge on any atom is 0.323 e. The molecule has 0 radical (unpaired) electrons. The standard InChI is InChI=1S/C66H79N17O12/c1-2-66(65(94)95)21-20-48(83-66)57(86)47(17-9-10-22-67)76-59(88)50(23-36-28-70-44-14-6-3-11-41(36)44)77-60(89)51(24-37-29-71-45-15-7-4-12-42(37)45)78-63(92)54(27-40-32-69-35-74-40)81-64(93)55(33-84)82-61(90)52(25-38-30-72-46-16-8-5-13-43(38)46)79-62(91)53(26-39-31-68-34-73-39)80-58(87)49-18-19-56(85)75-49/h3-8,11-16,28-32,34-35,47-55,70-72,83-84H,2,9-10,17-27,33,67H2,1H3,(H,68,73)(H,69,74)(H,75,85)(H,76,88)(H,77,89)(H,78,92)(H,79,91)(H,80,87)(H,81,93)(H,82,90)(H,94,95)/t47-,48?,49-,50-,51+,52-,53-,54-,55-,66-/m0/s1. The van der Waals surface area contributed by atoms with Gasteiger partial charge in [-0.15, -0.1) is 0 Å². The number of aliphatic hydroxyl groups excluding tert-OH is 1. The normalized spacial score (nSPS) is 18.4. The summed E-state index contributed by atoms with van der Waals surface area (Å²) in [6.45, 7) is 1.01. The highest BCUT2D eigenvalue weighted by molar-refractivity contribution is 6.00. The number of H-pyrrole nitrogens is 5. The molecular formula is C66H79N17O12. The van der Waals surface area contributed by atoms with Crippen LogP contribution >= 0.6 is 0 Å². The highest BCUT2D eigenvalue weighted by Gasteiger charge is 2.47. The van der Waals surface area contributed by atoms with Gasteiger partial charge in [0.15, 0.2) is 5.78 Å². The zero-order chi connectivity index (χ0) is 67.2. The summed E-state index contributed by atoms with van der Waals surface area (Å²) >= 11 is 0. The molecule has 5 aromatic heterocycles. The molecule has 500 valence electrons. The number of carbonyl (C=O) groups excluding carboxylic acids is 9. The molecule has 8 aromatic rings. The van der Waals surface area contributed by atoms with Crippen molar-refractivity contribution in [2.24, 2.45) is 5.73 Å². The van der Waals surface area contributed by atoms with Gasteiger partial charge in [0.1, 0.15) is 47.8 Å². The van der Waals surface area contributed by atoms with E-state index >= 15 is 14.4 Å². The highest BCUT2D eigenvalue weighted by Crippen LogP contribution is 2.29. The van der Waals surface area contributed by atoms with Crippen molar-refractivity contribution in [1.82, 2.24) is 82.7 Å². The summed E-state index contributed by atoms with van der Waals surface area (Å²) in [4.78, 5) is 165. The number of nitrogens with zero attached hydrogens (tertiary/aromatic N) is 2. The van der Waals surface area contributed by atoms with Crippen LogP contribution in [0.15, 0.2) is 116 Å². The number of aliphatic carboxylic acids is 1. The van der Waals surface area contributed by atoms with Crippen LogP contribution < -0.4 is 53.6 Å². The number of amides is 8. The summed E-state index contributed by atoms with van der Waals surface area (Å²) in [5.74, 6) is -7.79. The van der Waals surface area contributed by atoms with Crippen molar-refractivity contribution in [2.75, 3.05) is 13.2 Å². The lowest BCUT2D eigenvalue weighted by Gasteiger charge is -2.28. The van der Waals surface area contributed by atoms with Gasteiger partial charge in [0, 0.05) is 114 Å². The van der Waals surface area contributed by atoms with Crippen LogP contribution in [0.4, 0.5) is 0 Å². The molecule has 8 amide bonds. The lowest BCUT2D eigenvalue weighted by atomic mass is 9.94. The first-order valence-electron chi connectivity index (χ1n) is 31.8. The van der Waals surface area contributed by atoms with Crippen molar-refractivity contribution in [2.45, 2.75) is 150 Å². The maximum absolute atomic E-state index is 15.3. The molecule has 0 spiro atoms. The summed E-state index contributed by atoms with van der Waals surface area (Å²) in [5.41, 5.74) is 9.31. The van der Waals surface area contributed by atoms with Gasteiger partial charge in [0.25, 0.3) is 0 Å². The first-order valence-corrected chi connectivity index (χ1v) is 31.8. The molecule has 95 heavy (non-hydrogen) atoms. The van der Waals surface area contributed by atoms with Crippen LogP contribution in [-0.4, -0.2) is 177 Å². The summed E-state index contributed by atoms with van der Waals surface area (Å²) in [5, 5.41) is 48.2. The van der Waals surface area contributed by atoms with E-state index in [1.807, 2.05) is 60.7 Å². The SMILES string of the molecule is CC[C@@]1(C(=O)O)CCC(C(=O)[C@H](CCCCN)NC(=O)[C@H](Cc2c[nH]c3ccccc23)NC(=O)[C@@H](Cc2c[nH]c3ccccc23)NC(=O)[C@H](Cc2cnc[nH]2)NC(=O)[C@H](CO)NC(=O)[C@H](Cc2c[nH]c3ccccc23)NC(=O)[C@H](Cc2cnc[nH]2)NC(=O)[C@@H]2CCC(=O)N2)N1. The van der Waals surface area contributed by atoms with Crippen molar-refractivity contribution >= 4 is 91.7 Å². The zero-order valence-corrected chi connectivity index (χ0v) is 52.2. The fourth-order valence-corrected chi connectivity index (χ4v) is 12.5. The van der Waals surface area contributed by atoms with Crippen LogP contribution in [0, 0.1) is 0 Å². The molecule has 2 aliphatic heterocycles. The van der Waals surface area contributed by atoms with Gasteiger partial charge in [-0.3, -0.25) is 53.3 Å². The first kappa shape index (κ1) is 67.4. The van der Waals surface area contributed by atoms with E-state index in [9.17, 15) is 43.8 Å². The molecule has 7 heterocycles. The molecule has 3 aromatic carbocycles. The Labute approximate surface area is 544 Å². The summed E-state index contributed by atoms with van der Waals surface area (Å²) in [6.07, 6.45) is 11.8. The Morgan fingerprint density at radius 1 is 0.547 bits per heavy atom. The summed E-state index contributed by atoms with van der Waals surface area (Å²) < 4.78 is 0. The molecule has 2 aliphatic rings. The van der Waals surface area contributed by atoms with E-state index in [0.29, 0.717) is 63.8 Å². The largest absolute Gasteiger partial charge is 0.480 e. The second-order valence-corrected chi connectivity index (χ2v) is 24.2. The van der Waals surface area contributed by atoms with Gasteiger partial charge >= 0.3 is 5.97 Å². The first-order chi connectivity index (χ1) is 45.9. The van der Waals surface area contributed by atoms with E-state index < -0.39 is 120 Å². The number of hydrogen-bond donors (Lipinski definition) is 17. The predicted molar refractivity (Wildman–Crippen MR) is 347 cm³/mol. The lowest BCUT2D eigenvalue weighted by Crippen LogP contribution is -2.61. The van der Waals surface area contributed by atoms with Crippen LogP contribution in [0.3, 0.4) is 0 Å². The van der Waals surface area contributed by atoms with Gasteiger partial charge in [-0.25, -0.2) is 9.97 Å². The molecule has 1 unspecified atom stereocenters. The number of nitrogens with one attached hydrogen (secondary N) is 14. The molecular weight excluding hydrogens is 1220 g/mol. The number of nitrogens with two attached hydrogens (primary N) is 1. The number of aromatic nitrogens is 7. The Morgan fingerprint density at radius 2 is 0.968 bits per heavy atom. The number of carbonyl (C=O) groups is 10. The number of Topliss-reactive ketones (excluding diaryl/α,β-unsaturated/α-hetero) is 1. The molecule has 2 fully saturated rings. The number of carboxylic acid groups (broad SMARTS) is 1. The van der Waals surface area contributed by atoms with Gasteiger partial charge in [-0.1, -0.05) is 61.5 Å². The van der Waals surface area contributed by atoms with Crippen LogP contribution in [0.2, 0.25) is 0 Å². The molecule has 10 rings (SSSR count). The predicted octanol–water partition coefficient (Wildman–Crippen LogP) is 0.438. The topological polar surface area (TPSA) is 450 Å². The van der Waals surface area contributed by atoms with E-state index in [4.69, 9.17) is 5.73 Å². The molecule has 0 aliphatic carbocycles. The molecule has 0 bridgehead atoms. The van der Waals surface area contributed by atoms with Crippen molar-refractivity contribution in [3.05, 3.63) is 145 Å². The van der Waals surface area contributed by atoms with Crippen LogP contribution in [-0.2, 0) is 80.0 Å². The molecule has 18 N–H and O–H groups in total. The van der Waals surface area contributed by atoms with Crippen LogP contribution in [0.5, 0.6) is 0 Å². The Kier molecular flexibility index (Phi) is 21.9. The van der Waals surface area contributed by atoms with Crippen LogP contribution in [0.25, 0.3) is 32.7 Å². The van der Waals surface area contributed by atoms with E-state index in [1.165, 1.54) is 25.0 Å². The van der Waals surface area contributed by atoms with E-state index in [1.54, 1.807) is 37.6 Å². The van der Waals surface area contributed by atoms with Gasteiger partial charge < -0.3 is 83.4 Å². The van der Waals surface area contributed by atoms with Crippen molar-refractivity contribution in [1.29, 1.82) is 0 Å². The maximum atomic E-state index is 15.3. The number of carboxylic acids is 1. The lowest BCUT2D eigenvalue weighted by molar-refractivity contribution is -0.144. The molecule has 29 nitrogen and oxygen atoms in total. The van der Waals surface area contributed by atoms with Gasteiger partial charge in [-0.2, -0.15) is 0 Å². The number of fused-ring (bicyclic) bond motifs is 3.